The van der Waals surface area contributed by atoms with Crippen LogP contribution >= 0.6 is 35.2 Å². The number of nitrogens with zero attached hydrogens (tertiary/aromatic N) is 4. The summed E-state index contributed by atoms with van der Waals surface area (Å²) in [7, 11) is 0. The lowest BCUT2D eigenvalue weighted by Crippen LogP contribution is -2.33. The molecule has 0 fully saturated rings. The van der Waals surface area contributed by atoms with Gasteiger partial charge in [-0.05, 0) is 0 Å². The van der Waals surface area contributed by atoms with Gasteiger partial charge in [-0.15, -0.1) is 10.2 Å². The van der Waals surface area contributed by atoms with E-state index in [1.54, 1.807) is 0 Å². The summed E-state index contributed by atoms with van der Waals surface area (Å²) in [4.78, 5) is 2.24. The molecule has 0 amide bonds. The number of hydrogen-bond donors (Lipinski definition) is 1. The van der Waals surface area contributed by atoms with Gasteiger partial charge in [0, 0.05) is 41.6 Å². The maximum absolute atomic E-state index is 4.23. The summed E-state index contributed by atoms with van der Waals surface area (Å²) >= 11 is 6.44. The molecule has 1 aliphatic rings. The van der Waals surface area contributed by atoms with Gasteiger partial charge in [0.2, 0.25) is 0 Å². The van der Waals surface area contributed by atoms with Crippen LogP contribution in [0.15, 0.2) is 0 Å². The van der Waals surface area contributed by atoms with Crippen molar-refractivity contribution in [3.8, 4) is 0 Å². The second kappa shape index (κ2) is 3.51. The maximum Gasteiger partial charge on any atom is 0.194 e. The Kier molecular flexibility index (Phi) is 2.56. The molecule has 0 radical (unpaired) electrons. The van der Waals surface area contributed by atoms with Crippen molar-refractivity contribution in [3.05, 3.63) is 9.66 Å². The molecule has 0 N–H and O–H groups in total. The van der Waals surface area contributed by atoms with E-state index in [9.17, 15) is 0 Å². The molecule has 0 bridgehead atoms. The van der Waals surface area contributed by atoms with Crippen LogP contribution < -0.4 is 0 Å². The molecule has 1 aromatic rings. The number of hydrogen-bond acceptors (Lipinski definition) is 4. The summed E-state index contributed by atoms with van der Waals surface area (Å²) in [5.41, 5.74) is 0. The highest BCUT2D eigenvalue weighted by Crippen LogP contribution is 2.13. The highest BCUT2D eigenvalue weighted by molar-refractivity contribution is 14.1. The maximum atomic E-state index is 4.23. The average molecular weight is 296 g/mol. The molecule has 0 saturated carbocycles. The first-order chi connectivity index (χ1) is 5.81. The first kappa shape index (κ1) is 8.76. The van der Waals surface area contributed by atoms with Crippen LogP contribution in [-0.2, 0) is 13.1 Å². The SMILES string of the molecule is SCN1CCn2c(I)nnc2C1. The van der Waals surface area contributed by atoms with Crippen LogP contribution in [0.5, 0.6) is 0 Å². The van der Waals surface area contributed by atoms with Crippen molar-refractivity contribution >= 4 is 35.2 Å². The molecule has 0 aliphatic carbocycles. The molecule has 1 aliphatic heterocycles. The van der Waals surface area contributed by atoms with Gasteiger partial charge in [0.25, 0.3) is 0 Å². The summed E-state index contributed by atoms with van der Waals surface area (Å²) in [6.45, 7) is 2.91. The number of rotatable bonds is 1. The van der Waals surface area contributed by atoms with Crippen molar-refractivity contribution in [2.45, 2.75) is 13.1 Å². The Bertz CT molecular complexity index is 287. The van der Waals surface area contributed by atoms with Gasteiger partial charge in [-0.2, -0.15) is 12.6 Å². The smallest absolute Gasteiger partial charge is 0.194 e. The molecule has 0 unspecified atom stereocenters. The Labute approximate surface area is 89.9 Å². The molecule has 0 atom stereocenters. The fourth-order valence-electron chi connectivity index (χ4n) is 1.29. The van der Waals surface area contributed by atoms with E-state index in [2.05, 4.69) is 54.9 Å². The van der Waals surface area contributed by atoms with E-state index in [0.717, 1.165) is 35.2 Å². The van der Waals surface area contributed by atoms with Gasteiger partial charge < -0.3 is 4.57 Å². The molecule has 0 aromatic carbocycles. The van der Waals surface area contributed by atoms with Crippen molar-refractivity contribution in [3.63, 3.8) is 0 Å². The van der Waals surface area contributed by atoms with E-state index in [0.29, 0.717) is 0 Å². The standard InChI is InChI=1S/C6H9IN4S/c7-6-9-8-5-3-10(4-12)1-2-11(5)6/h12H,1-4H2. The lowest BCUT2D eigenvalue weighted by atomic mass is 10.4. The molecule has 0 saturated heterocycles. The summed E-state index contributed by atoms with van der Waals surface area (Å²) in [5.74, 6) is 1.85. The zero-order chi connectivity index (χ0) is 8.55. The van der Waals surface area contributed by atoms with Gasteiger partial charge >= 0.3 is 0 Å². The average Bonchev–Trinajstić information content (AvgIpc) is 2.47. The van der Waals surface area contributed by atoms with E-state index in [-0.39, 0.29) is 0 Å². The quantitative estimate of drug-likeness (QED) is 0.608. The predicted molar refractivity (Wildman–Crippen MR) is 57.0 cm³/mol. The normalized spacial score (nSPS) is 17.8. The van der Waals surface area contributed by atoms with Crippen molar-refractivity contribution in [2.75, 3.05) is 12.4 Å². The van der Waals surface area contributed by atoms with Crippen LogP contribution in [0.4, 0.5) is 0 Å². The van der Waals surface area contributed by atoms with Crippen LogP contribution in [0.3, 0.4) is 0 Å². The fraction of sp³-hybridized carbons (Fsp3) is 0.667. The van der Waals surface area contributed by atoms with Crippen molar-refractivity contribution in [1.29, 1.82) is 0 Å². The molecular weight excluding hydrogens is 287 g/mol. The Morgan fingerprint density at radius 3 is 3.00 bits per heavy atom. The van der Waals surface area contributed by atoms with Crippen LogP contribution in [0.2, 0.25) is 0 Å². The molecular formula is C6H9IN4S. The number of halogens is 1. The highest BCUT2D eigenvalue weighted by Gasteiger charge is 2.18. The van der Waals surface area contributed by atoms with Crippen molar-refractivity contribution < 1.29 is 0 Å². The number of thiol groups is 1. The Balaban J connectivity index is 2.24. The third-order valence-electron chi connectivity index (χ3n) is 1.99. The monoisotopic (exact) mass is 296 g/mol. The van der Waals surface area contributed by atoms with Crippen molar-refractivity contribution in [1.82, 2.24) is 19.7 Å². The van der Waals surface area contributed by atoms with E-state index in [1.165, 1.54) is 0 Å². The minimum absolute atomic E-state index is 0.795. The van der Waals surface area contributed by atoms with E-state index in [4.69, 9.17) is 0 Å². The second-order valence-electron chi connectivity index (χ2n) is 2.73. The first-order valence-corrected chi connectivity index (χ1v) is 5.43. The Hall–Kier alpha value is 0.180. The summed E-state index contributed by atoms with van der Waals surface area (Å²) in [6.07, 6.45) is 0. The van der Waals surface area contributed by atoms with Gasteiger partial charge in [0.05, 0.1) is 6.54 Å². The third-order valence-corrected chi connectivity index (χ3v) is 3.19. The molecule has 1 aromatic heterocycles. The molecule has 6 heteroatoms. The third kappa shape index (κ3) is 1.47. The van der Waals surface area contributed by atoms with Crippen molar-refractivity contribution in [2.24, 2.45) is 0 Å². The van der Waals surface area contributed by atoms with Crippen LogP contribution in [0, 0.1) is 3.83 Å². The predicted octanol–water partition coefficient (Wildman–Crippen LogP) is 0.586. The summed E-state index contributed by atoms with van der Waals surface area (Å²) in [6, 6.07) is 0. The van der Waals surface area contributed by atoms with Gasteiger partial charge in [-0.25, -0.2) is 0 Å². The van der Waals surface area contributed by atoms with Gasteiger partial charge in [0.1, 0.15) is 5.82 Å². The zero-order valence-electron chi connectivity index (χ0n) is 6.44. The van der Waals surface area contributed by atoms with E-state index in [1.807, 2.05) is 0 Å². The van der Waals surface area contributed by atoms with Gasteiger partial charge in [-0.3, -0.25) is 4.90 Å². The van der Waals surface area contributed by atoms with Gasteiger partial charge in [0.15, 0.2) is 3.83 Å². The summed E-state index contributed by atoms with van der Waals surface area (Å²) in [5, 5.41) is 8.10. The minimum atomic E-state index is 0.795. The summed E-state index contributed by atoms with van der Waals surface area (Å²) < 4.78 is 3.14. The van der Waals surface area contributed by atoms with Crippen LogP contribution in [0.1, 0.15) is 5.82 Å². The molecule has 4 nitrogen and oxygen atoms in total. The molecule has 2 heterocycles. The fourth-order valence-corrected chi connectivity index (χ4v) is 2.16. The number of fused-ring (bicyclic) bond motifs is 1. The Morgan fingerprint density at radius 1 is 1.42 bits per heavy atom. The highest BCUT2D eigenvalue weighted by atomic mass is 127. The topological polar surface area (TPSA) is 34.0 Å². The lowest BCUT2D eigenvalue weighted by molar-refractivity contribution is 0.253. The Morgan fingerprint density at radius 2 is 2.25 bits per heavy atom. The molecule has 66 valence electrons. The van der Waals surface area contributed by atoms with E-state index >= 15 is 0 Å². The lowest BCUT2D eigenvalue weighted by Gasteiger charge is -2.25. The van der Waals surface area contributed by atoms with E-state index < -0.39 is 0 Å². The molecule has 12 heavy (non-hydrogen) atoms. The van der Waals surface area contributed by atoms with Crippen LogP contribution in [-0.4, -0.2) is 32.1 Å². The number of aromatic nitrogens is 3. The second-order valence-corrected chi connectivity index (χ2v) is 3.98. The van der Waals surface area contributed by atoms with Gasteiger partial charge in [-0.1, -0.05) is 0 Å². The largest absolute Gasteiger partial charge is 0.304 e. The van der Waals surface area contributed by atoms with Crippen LogP contribution in [0.25, 0.3) is 0 Å². The zero-order valence-corrected chi connectivity index (χ0v) is 9.49. The molecule has 2 rings (SSSR count). The molecule has 0 spiro atoms. The minimum Gasteiger partial charge on any atom is -0.304 e. The first-order valence-electron chi connectivity index (χ1n) is 3.72.